The van der Waals surface area contributed by atoms with Crippen molar-refractivity contribution in [2.24, 2.45) is 0 Å². The molecule has 3 N–H and O–H groups in total. The monoisotopic (exact) mass is 262 g/mol. The number of hydrogen-bond donors (Lipinski definition) is 3. The molecule has 0 aliphatic carbocycles. The third-order valence-corrected chi connectivity index (χ3v) is 3.47. The molecule has 0 unspecified atom stereocenters. The summed E-state index contributed by atoms with van der Waals surface area (Å²) in [5, 5.41) is 0. The van der Waals surface area contributed by atoms with Crippen molar-refractivity contribution in [1.82, 2.24) is 0 Å². The average Bonchev–Trinajstić information content (AvgIpc) is 2.25. The first-order valence-electron chi connectivity index (χ1n) is 5.51. The molecule has 1 aromatic carbocycles. The van der Waals surface area contributed by atoms with Gasteiger partial charge in [0.15, 0.2) is 0 Å². The summed E-state index contributed by atoms with van der Waals surface area (Å²) in [5.41, 5.74) is 1.13. The van der Waals surface area contributed by atoms with Gasteiger partial charge < -0.3 is 0 Å². The molecule has 0 atom stereocenters. The summed E-state index contributed by atoms with van der Waals surface area (Å²) in [6.07, 6.45) is 1.30. The second kappa shape index (κ2) is 5.87. The molecule has 0 spiro atoms. The van der Waals surface area contributed by atoms with E-state index in [2.05, 4.69) is 9.05 Å². The normalized spacial score (nSPS) is 14.2. The average molecular weight is 262 g/mol. The summed E-state index contributed by atoms with van der Waals surface area (Å²) in [6.45, 7) is 1.54. The molecule has 0 aliphatic heterocycles. The number of rotatable bonds is 7. The molecule has 0 heterocycles. The van der Waals surface area contributed by atoms with Gasteiger partial charge in [-0.3, -0.25) is 0 Å². The molecule has 0 aliphatic rings. The number of aryl methyl sites for hydroxylation is 1. The van der Waals surface area contributed by atoms with Crippen molar-refractivity contribution >= 4 is 7.74 Å². The Morgan fingerprint density at radius 1 is 1.06 bits per heavy atom. The molecular weight excluding hydrogens is 243 g/mol. The Hall–Kier alpha value is -0.550. The topological polar surface area (TPSA) is 79.2 Å². The van der Waals surface area contributed by atoms with Crippen LogP contribution in [0.25, 0.3) is 0 Å². The summed E-state index contributed by atoms with van der Waals surface area (Å²) in [7, 11) is -5.31. The maximum absolute atomic E-state index is 9.27. The van der Waals surface area contributed by atoms with E-state index in [0.29, 0.717) is 6.42 Å². The van der Waals surface area contributed by atoms with Crippen LogP contribution in [0.5, 0.6) is 0 Å². The first kappa shape index (κ1) is 14.5. The summed E-state index contributed by atoms with van der Waals surface area (Å²) in [5.74, 6) is 0. The Morgan fingerprint density at radius 2 is 1.71 bits per heavy atom. The zero-order valence-corrected chi connectivity index (χ0v) is 10.7. The molecule has 0 saturated carbocycles. The van der Waals surface area contributed by atoms with Crippen LogP contribution < -0.4 is 0 Å². The third-order valence-electron chi connectivity index (χ3n) is 2.12. The second-order valence-corrected chi connectivity index (χ2v) is 5.85. The molecule has 0 radical (unpaired) electrons. The summed E-state index contributed by atoms with van der Waals surface area (Å²) in [6, 6.07) is 9.73. The van der Waals surface area contributed by atoms with Crippen LogP contribution in [0, 0.1) is 0 Å². The minimum absolute atomic E-state index is 0.0240. The third kappa shape index (κ3) is 6.07. The van der Waals surface area contributed by atoms with Gasteiger partial charge >= 0.3 is 100 Å². The first-order valence-corrected chi connectivity index (χ1v) is 7.44. The van der Waals surface area contributed by atoms with E-state index in [1.807, 2.05) is 30.3 Å². The van der Waals surface area contributed by atoms with Gasteiger partial charge in [0.1, 0.15) is 0 Å². The Labute approximate surface area is 101 Å². The van der Waals surface area contributed by atoms with Crippen LogP contribution in [0.1, 0.15) is 18.9 Å². The van der Waals surface area contributed by atoms with E-state index in [0.717, 1.165) is 12.0 Å². The van der Waals surface area contributed by atoms with Gasteiger partial charge in [0, 0.05) is 0 Å². The van der Waals surface area contributed by atoms with E-state index in [1.165, 1.54) is 6.92 Å². The molecule has 98 valence electrons. The Balaban J connectivity index is 2.29. The van der Waals surface area contributed by atoms with Crippen LogP contribution in [0.15, 0.2) is 30.3 Å². The van der Waals surface area contributed by atoms with Crippen LogP contribution in [0.4, 0.5) is 0 Å². The van der Waals surface area contributed by atoms with Crippen LogP contribution >= 0.6 is 7.74 Å². The van der Waals surface area contributed by atoms with Gasteiger partial charge in [-0.15, -0.1) is 0 Å². The molecule has 0 aromatic heterocycles. The minimum atomic E-state index is -5.31. The summed E-state index contributed by atoms with van der Waals surface area (Å²) < 4.78 is 9.10. The predicted molar refractivity (Wildman–Crippen MR) is 65.9 cm³/mol. The van der Waals surface area contributed by atoms with Crippen LogP contribution in [-0.2, 0) is 15.5 Å². The quantitative estimate of drug-likeness (QED) is 0.515. The molecule has 1 aromatic rings. The van der Waals surface area contributed by atoms with Crippen molar-refractivity contribution in [2.75, 3.05) is 13.2 Å². The second-order valence-electron chi connectivity index (χ2n) is 3.67. The Morgan fingerprint density at radius 3 is 2.29 bits per heavy atom. The molecule has 1 rings (SSSR count). The molecule has 0 bridgehead atoms. The fraction of sp³-hybridized carbons (Fsp3) is 0.455. The van der Waals surface area contributed by atoms with Gasteiger partial charge in [-0.2, -0.15) is 0 Å². The Bertz CT molecular complexity index is 333. The zero-order valence-electron chi connectivity index (χ0n) is 9.82. The fourth-order valence-corrected chi connectivity index (χ4v) is 2.38. The molecule has 6 heteroatoms. The fourth-order valence-electron chi connectivity index (χ4n) is 1.41. The van der Waals surface area contributed by atoms with E-state index >= 15 is 0 Å². The zero-order chi connectivity index (χ0) is 12.8. The van der Waals surface area contributed by atoms with Crippen LogP contribution in [-0.4, -0.2) is 27.9 Å². The van der Waals surface area contributed by atoms with E-state index in [9.17, 15) is 14.7 Å². The summed E-state index contributed by atoms with van der Waals surface area (Å²) >= 11 is 0. The number of hydrogen-bond acceptors (Lipinski definition) is 5. The van der Waals surface area contributed by atoms with Gasteiger partial charge in [-0.1, -0.05) is 0 Å². The van der Waals surface area contributed by atoms with E-state index in [1.54, 1.807) is 0 Å². The number of benzene rings is 1. The van der Waals surface area contributed by atoms with E-state index < -0.39 is 7.74 Å². The van der Waals surface area contributed by atoms with Crippen molar-refractivity contribution in [3.63, 3.8) is 0 Å². The van der Waals surface area contributed by atoms with Gasteiger partial charge in [0.25, 0.3) is 0 Å². The van der Waals surface area contributed by atoms with E-state index in [-0.39, 0.29) is 13.2 Å². The van der Waals surface area contributed by atoms with Crippen LogP contribution in [0.3, 0.4) is 0 Å². The predicted octanol–water partition coefficient (Wildman–Crippen LogP) is 1.78. The van der Waals surface area contributed by atoms with Crippen molar-refractivity contribution in [1.29, 1.82) is 0 Å². The molecule has 5 nitrogen and oxygen atoms in total. The molecule has 17 heavy (non-hydrogen) atoms. The van der Waals surface area contributed by atoms with E-state index in [4.69, 9.17) is 0 Å². The van der Waals surface area contributed by atoms with Crippen molar-refractivity contribution in [3.8, 4) is 0 Å². The van der Waals surface area contributed by atoms with Crippen molar-refractivity contribution < 1.29 is 23.7 Å². The van der Waals surface area contributed by atoms with Gasteiger partial charge in [-0.05, 0) is 0 Å². The van der Waals surface area contributed by atoms with Gasteiger partial charge in [0.2, 0.25) is 0 Å². The summed E-state index contributed by atoms with van der Waals surface area (Å²) in [4.78, 5) is 27.8. The van der Waals surface area contributed by atoms with Crippen molar-refractivity contribution in [2.45, 2.75) is 19.8 Å². The molecule has 0 fully saturated rings. The van der Waals surface area contributed by atoms with Crippen molar-refractivity contribution in [3.05, 3.63) is 35.9 Å². The van der Waals surface area contributed by atoms with Gasteiger partial charge in [0.05, 0.1) is 0 Å². The first-order chi connectivity index (χ1) is 7.91. The SMILES string of the molecule is CCOP(O)(O)(O)OCCCc1ccccc1. The maximum atomic E-state index is 9.27. The Kier molecular flexibility index (Phi) is 5.01. The van der Waals surface area contributed by atoms with Crippen LogP contribution in [0.2, 0.25) is 0 Å². The molecule has 0 saturated heterocycles. The standard InChI is InChI=1S/C11H19O5P/c1-2-15-17(12,13,14)16-10-6-9-11-7-4-3-5-8-11/h3-5,7-8,12-14H,2,6,9-10H2,1H3. The van der Waals surface area contributed by atoms with Gasteiger partial charge in [-0.25, -0.2) is 0 Å². The molecular formula is C11H19O5P. The molecule has 0 amide bonds.